The van der Waals surface area contributed by atoms with Crippen LogP contribution in [0, 0.1) is 0 Å². The topological polar surface area (TPSA) is 76.2 Å². The van der Waals surface area contributed by atoms with Crippen LogP contribution in [0.2, 0.25) is 0 Å². The molecule has 2 rings (SSSR count). The molecule has 0 spiro atoms. The third kappa shape index (κ3) is 1.84. The van der Waals surface area contributed by atoms with Crippen LogP contribution in [0.15, 0.2) is 18.3 Å². The Morgan fingerprint density at radius 3 is 2.56 bits per heavy atom. The molecule has 1 aliphatic carbocycles. The number of carbonyl (C=O) groups is 1. The Labute approximate surface area is 101 Å². The predicted molar refractivity (Wildman–Crippen MR) is 55.8 cm³/mol. The fourth-order valence-corrected chi connectivity index (χ4v) is 2.36. The van der Waals surface area contributed by atoms with E-state index in [0.29, 0.717) is 0 Å². The Balaban J connectivity index is 2.54. The number of halogens is 3. The molecule has 3 N–H and O–H groups in total. The van der Waals surface area contributed by atoms with E-state index in [1.807, 2.05) is 0 Å². The molecule has 0 radical (unpaired) electrons. The van der Waals surface area contributed by atoms with E-state index in [-0.39, 0.29) is 24.4 Å². The summed E-state index contributed by atoms with van der Waals surface area (Å²) in [4.78, 5) is 14.6. The van der Waals surface area contributed by atoms with E-state index in [1.54, 1.807) is 0 Å². The number of carboxylic acids is 1. The van der Waals surface area contributed by atoms with Gasteiger partial charge in [-0.15, -0.1) is 0 Å². The Morgan fingerprint density at radius 1 is 1.50 bits per heavy atom. The third-order valence-corrected chi connectivity index (χ3v) is 3.22. The van der Waals surface area contributed by atoms with Gasteiger partial charge in [0, 0.05) is 17.8 Å². The summed E-state index contributed by atoms with van der Waals surface area (Å²) in [5, 5.41) is 9.19. The van der Waals surface area contributed by atoms with Crippen molar-refractivity contribution in [2.75, 3.05) is 0 Å². The van der Waals surface area contributed by atoms with Crippen LogP contribution in [0.25, 0.3) is 0 Å². The van der Waals surface area contributed by atoms with Crippen molar-refractivity contribution in [1.29, 1.82) is 0 Å². The van der Waals surface area contributed by atoms with E-state index in [2.05, 4.69) is 4.98 Å². The van der Waals surface area contributed by atoms with Gasteiger partial charge in [-0.1, -0.05) is 6.07 Å². The van der Waals surface area contributed by atoms with Crippen LogP contribution in [-0.2, 0) is 16.4 Å². The summed E-state index contributed by atoms with van der Waals surface area (Å²) in [5.74, 6) is -1.29. The first-order chi connectivity index (χ1) is 8.27. The molecule has 1 fully saturated rings. The van der Waals surface area contributed by atoms with Gasteiger partial charge in [0.25, 0.3) is 0 Å². The highest BCUT2D eigenvalue weighted by molar-refractivity contribution is 5.83. The molecular formula is C11H11F3N2O2. The van der Waals surface area contributed by atoms with Gasteiger partial charge in [0.05, 0.1) is 5.41 Å². The van der Waals surface area contributed by atoms with Crippen molar-refractivity contribution in [2.24, 2.45) is 5.73 Å². The predicted octanol–water partition coefficient (Wildman–Crippen LogP) is 1.54. The molecule has 0 atom stereocenters. The lowest BCUT2D eigenvalue weighted by Crippen LogP contribution is -2.55. The SMILES string of the molecule is NC1CC(C(=O)O)(c2cccnc2C(F)(F)F)C1. The number of rotatable bonds is 2. The van der Waals surface area contributed by atoms with Crippen LogP contribution in [0.4, 0.5) is 13.2 Å². The summed E-state index contributed by atoms with van der Waals surface area (Å²) < 4.78 is 38.4. The summed E-state index contributed by atoms with van der Waals surface area (Å²) in [5.41, 5.74) is 2.53. The molecule has 0 amide bonds. The van der Waals surface area contributed by atoms with Crippen LogP contribution in [0.5, 0.6) is 0 Å². The largest absolute Gasteiger partial charge is 0.481 e. The van der Waals surface area contributed by atoms with Crippen LogP contribution >= 0.6 is 0 Å². The fourth-order valence-electron chi connectivity index (χ4n) is 2.36. The first-order valence-corrected chi connectivity index (χ1v) is 5.29. The molecule has 0 bridgehead atoms. The summed E-state index contributed by atoms with van der Waals surface area (Å²) >= 11 is 0. The van der Waals surface area contributed by atoms with Crippen LogP contribution in [-0.4, -0.2) is 22.1 Å². The molecule has 1 aromatic heterocycles. The maximum absolute atomic E-state index is 12.8. The molecule has 18 heavy (non-hydrogen) atoms. The zero-order chi connectivity index (χ0) is 13.6. The minimum Gasteiger partial charge on any atom is -0.481 e. The molecule has 4 nitrogen and oxygen atoms in total. The van der Waals surface area contributed by atoms with Crippen molar-refractivity contribution in [3.05, 3.63) is 29.6 Å². The van der Waals surface area contributed by atoms with Gasteiger partial charge < -0.3 is 10.8 Å². The molecule has 1 heterocycles. The van der Waals surface area contributed by atoms with Gasteiger partial charge in [-0.05, 0) is 18.9 Å². The minimum atomic E-state index is -4.67. The average molecular weight is 260 g/mol. The second-order valence-electron chi connectivity index (χ2n) is 4.45. The van der Waals surface area contributed by atoms with Crippen molar-refractivity contribution >= 4 is 5.97 Å². The first kappa shape index (κ1) is 12.8. The van der Waals surface area contributed by atoms with Gasteiger partial charge >= 0.3 is 12.1 Å². The highest BCUT2D eigenvalue weighted by atomic mass is 19.4. The molecule has 1 saturated carbocycles. The van der Waals surface area contributed by atoms with E-state index in [4.69, 9.17) is 5.73 Å². The van der Waals surface area contributed by atoms with Crippen LogP contribution < -0.4 is 5.73 Å². The van der Waals surface area contributed by atoms with Gasteiger partial charge in [-0.2, -0.15) is 13.2 Å². The molecule has 0 aromatic carbocycles. The van der Waals surface area contributed by atoms with Crippen LogP contribution in [0.3, 0.4) is 0 Å². The van der Waals surface area contributed by atoms with Crippen molar-refractivity contribution in [3.8, 4) is 0 Å². The van der Waals surface area contributed by atoms with E-state index >= 15 is 0 Å². The number of aromatic nitrogens is 1. The van der Waals surface area contributed by atoms with Gasteiger partial charge in [0.2, 0.25) is 0 Å². The van der Waals surface area contributed by atoms with E-state index in [0.717, 1.165) is 12.3 Å². The number of hydrogen-bond acceptors (Lipinski definition) is 3. The monoisotopic (exact) mass is 260 g/mol. The molecule has 1 aromatic rings. The standard InChI is InChI=1S/C11H11F3N2O2/c12-11(13,14)8-7(2-1-3-16-8)10(9(17)18)4-6(15)5-10/h1-3,6H,4-5,15H2,(H,17,18). The van der Waals surface area contributed by atoms with Crippen molar-refractivity contribution < 1.29 is 23.1 Å². The maximum Gasteiger partial charge on any atom is 0.433 e. The third-order valence-electron chi connectivity index (χ3n) is 3.22. The Hall–Kier alpha value is -1.63. The highest BCUT2D eigenvalue weighted by Crippen LogP contribution is 2.47. The number of aliphatic carboxylic acids is 1. The summed E-state index contributed by atoms with van der Waals surface area (Å²) in [6.07, 6.45) is -3.67. The van der Waals surface area contributed by atoms with Crippen molar-refractivity contribution in [2.45, 2.75) is 30.5 Å². The molecule has 7 heteroatoms. The highest BCUT2D eigenvalue weighted by Gasteiger charge is 2.54. The Morgan fingerprint density at radius 2 is 2.11 bits per heavy atom. The Bertz CT molecular complexity index is 481. The lowest BCUT2D eigenvalue weighted by atomic mass is 9.61. The number of hydrogen-bond donors (Lipinski definition) is 2. The first-order valence-electron chi connectivity index (χ1n) is 5.29. The molecule has 1 aliphatic rings. The van der Waals surface area contributed by atoms with Crippen molar-refractivity contribution in [1.82, 2.24) is 4.98 Å². The summed E-state index contributed by atoms with van der Waals surface area (Å²) in [6.45, 7) is 0. The normalized spacial score (nSPS) is 27.7. The number of nitrogens with zero attached hydrogens (tertiary/aromatic N) is 1. The molecule has 98 valence electrons. The van der Waals surface area contributed by atoms with E-state index < -0.39 is 23.3 Å². The van der Waals surface area contributed by atoms with Gasteiger partial charge in [-0.3, -0.25) is 9.78 Å². The Kier molecular flexibility index (Phi) is 2.81. The van der Waals surface area contributed by atoms with Gasteiger partial charge in [0.15, 0.2) is 0 Å². The second kappa shape index (κ2) is 3.94. The summed E-state index contributed by atoms with van der Waals surface area (Å²) in [6, 6.07) is 2.08. The average Bonchev–Trinajstić information content (AvgIpc) is 2.23. The molecule has 0 saturated heterocycles. The summed E-state index contributed by atoms with van der Waals surface area (Å²) in [7, 11) is 0. The fraction of sp³-hybridized carbons (Fsp3) is 0.455. The smallest absolute Gasteiger partial charge is 0.433 e. The quantitative estimate of drug-likeness (QED) is 0.845. The maximum atomic E-state index is 12.8. The number of carboxylic acid groups (broad SMARTS) is 1. The van der Waals surface area contributed by atoms with Gasteiger partial charge in [-0.25, -0.2) is 0 Å². The number of alkyl halides is 3. The second-order valence-corrected chi connectivity index (χ2v) is 4.45. The van der Waals surface area contributed by atoms with Crippen LogP contribution in [0.1, 0.15) is 24.1 Å². The lowest BCUT2D eigenvalue weighted by Gasteiger charge is -2.43. The van der Waals surface area contributed by atoms with Gasteiger partial charge in [0.1, 0.15) is 5.69 Å². The number of pyridine rings is 1. The minimum absolute atomic E-state index is 0.00287. The lowest BCUT2D eigenvalue weighted by molar-refractivity contribution is -0.151. The molecular weight excluding hydrogens is 249 g/mol. The zero-order valence-electron chi connectivity index (χ0n) is 9.24. The van der Waals surface area contributed by atoms with E-state index in [1.165, 1.54) is 6.07 Å². The van der Waals surface area contributed by atoms with Crippen molar-refractivity contribution in [3.63, 3.8) is 0 Å². The molecule has 0 unspecified atom stereocenters. The molecule has 0 aliphatic heterocycles. The number of nitrogens with two attached hydrogens (primary N) is 1. The van der Waals surface area contributed by atoms with E-state index in [9.17, 15) is 23.1 Å². The zero-order valence-corrected chi connectivity index (χ0v) is 9.24.